The van der Waals surface area contributed by atoms with Gasteiger partial charge in [0.2, 0.25) is 0 Å². The topological polar surface area (TPSA) is 49.8 Å². The van der Waals surface area contributed by atoms with Gasteiger partial charge in [-0.25, -0.2) is 0 Å². The highest BCUT2D eigenvalue weighted by atomic mass is 14.6. The summed E-state index contributed by atoms with van der Waals surface area (Å²) in [5.74, 6) is 0. The van der Waals surface area contributed by atoms with Gasteiger partial charge in [-0.15, -0.1) is 0 Å². The molecule has 0 saturated carbocycles. The molecule has 0 radical (unpaired) electrons. The fourth-order valence-corrected chi connectivity index (χ4v) is 1.63. The molecule has 0 amide bonds. The number of allylic oxidation sites excluding steroid dienone is 1. The summed E-state index contributed by atoms with van der Waals surface area (Å²) in [6, 6.07) is 19.3. The van der Waals surface area contributed by atoms with E-state index in [2.05, 4.69) is 6.07 Å². The van der Waals surface area contributed by atoms with Crippen LogP contribution in [0.4, 0.5) is 5.69 Å². The van der Waals surface area contributed by atoms with Crippen molar-refractivity contribution in [2.24, 2.45) is 0 Å². The van der Waals surface area contributed by atoms with Crippen molar-refractivity contribution >= 4 is 17.3 Å². The van der Waals surface area contributed by atoms with E-state index in [1.165, 1.54) is 0 Å². The predicted molar refractivity (Wildman–Crippen MR) is 70.8 cm³/mol. The Labute approximate surface area is 101 Å². The number of nitrogens with zero attached hydrogens (tertiary/aromatic N) is 1. The lowest BCUT2D eigenvalue weighted by Gasteiger charge is -2.03. The number of para-hydroxylation sites is 1. The van der Waals surface area contributed by atoms with Crippen LogP contribution in [0.15, 0.2) is 54.6 Å². The van der Waals surface area contributed by atoms with Gasteiger partial charge in [0.1, 0.15) is 0 Å². The van der Waals surface area contributed by atoms with Gasteiger partial charge in [-0.1, -0.05) is 48.5 Å². The molecule has 2 heteroatoms. The lowest BCUT2D eigenvalue weighted by Crippen LogP contribution is -1.91. The summed E-state index contributed by atoms with van der Waals surface area (Å²) in [7, 11) is 0. The Kier molecular flexibility index (Phi) is 3.23. The quantitative estimate of drug-likeness (QED) is 0.479. The van der Waals surface area contributed by atoms with Gasteiger partial charge in [-0.2, -0.15) is 5.26 Å². The maximum atomic E-state index is 9.19. The largest absolute Gasteiger partial charge is 0.398 e. The minimum atomic E-state index is 0.578. The lowest BCUT2D eigenvalue weighted by molar-refractivity contribution is 1.52. The second-order valence-corrected chi connectivity index (χ2v) is 3.67. The zero-order valence-corrected chi connectivity index (χ0v) is 9.30. The van der Waals surface area contributed by atoms with E-state index in [9.17, 15) is 5.26 Å². The molecule has 82 valence electrons. The number of benzene rings is 2. The van der Waals surface area contributed by atoms with Crippen LogP contribution in [0.2, 0.25) is 0 Å². The Balaban J connectivity index is 2.46. The number of nitrogens with two attached hydrogens (primary N) is 1. The zero-order chi connectivity index (χ0) is 12.1. The van der Waals surface area contributed by atoms with E-state index >= 15 is 0 Å². The van der Waals surface area contributed by atoms with Crippen LogP contribution in [0.5, 0.6) is 0 Å². The predicted octanol–water partition coefficient (Wildman–Crippen LogP) is 3.33. The molecule has 0 aliphatic carbocycles. The fraction of sp³-hybridized carbons (Fsp3) is 0. The third-order valence-electron chi connectivity index (χ3n) is 2.48. The molecule has 0 unspecified atom stereocenters. The molecule has 0 bridgehead atoms. The number of nitriles is 1. The first kappa shape index (κ1) is 11.0. The summed E-state index contributed by atoms with van der Waals surface area (Å²) in [5.41, 5.74) is 8.83. The molecule has 17 heavy (non-hydrogen) atoms. The molecule has 0 spiro atoms. The van der Waals surface area contributed by atoms with E-state index in [0.29, 0.717) is 11.3 Å². The fourth-order valence-electron chi connectivity index (χ4n) is 1.63. The molecule has 2 rings (SSSR count). The third kappa shape index (κ3) is 2.53. The SMILES string of the molecule is N#C/C(=C\c1ccccc1)c1ccccc1N. The maximum Gasteiger partial charge on any atom is 0.0998 e. The van der Waals surface area contributed by atoms with Gasteiger partial charge in [0.05, 0.1) is 11.6 Å². The van der Waals surface area contributed by atoms with Gasteiger partial charge in [-0.05, 0) is 17.7 Å². The van der Waals surface area contributed by atoms with Gasteiger partial charge in [0.25, 0.3) is 0 Å². The van der Waals surface area contributed by atoms with Crippen molar-refractivity contribution in [2.75, 3.05) is 5.73 Å². The van der Waals surface area contributed by atoms with E-state index in [4.69, 9.17) is 5.73 Å². The van der Waals surface area contributed by atoms with Gasteiger partial charge in [0.15, 0.2) is 0 Å². The first-order chi connectivity index (χ1) is 8.31. The van der Waals surface area contributed by atoms with E-state index in [0.717, 1.165) is 11.1 Å². The Bertz CT molecular complexity index is 577. The molecule has 2 N–H and O–H groups in total. The Morgan fingerprint density at radius 2 is 1.65 bits per heavy atom. The van der Waals surface area contributed by atoms with Crippen LogP contribution in [0.3, 0.4) is 0 Å². The molecule has 2 nitrogen and oxygen atoms in total. The highest BCUT2D eigenvalue weighted by molar-refractivity contribution is 5.93. The molecule has 0 saturated heterocycles. The van der Waals surface area contributed by atoms with Crippen LogP contribution in [-0.4, -0.2) is 0 Å². The van der Waals surface area contributed by atoms with Crippen LogP contribution in [0.1, 0.15) is 11.1 Å². The molecular weight excluding hydrogens is 208 g/mol. The number of hydrogen-bond acceptors (Lipinski definition) is 2. The first-order valence-electron chi connectivity index (χ1n) is 5.33. The van der Waals surface area contributed by atoms with Crippen LogP contribution in [-0.2, 0) is 0 Å². The Morgan fingerprint density at radius 1 is 1.00 bits per heavy atom. The third-order valence-corrected chi connectivity index (χ3v) is 2.48. The number of hydrogen-bond donors (Lipinski definition) is 1. The smallest absolute Gasteiger partial charge is 0.0998 e. The number of rotatable bonds is 2. The highest BCUT2D eigenvalue weighted by Gasteiger charge is 2.03. The monoisotopic (exact) mass is 220 g/mol. The maximum absolute atomic E-state index is 9.19. The summed E-state index contributed by atoms with van der Waals surface area (Å²) >= 11 is 0. The molecule has 0 aliphatic rings. The summed E-state index contributed by atoms with van der Waals surface area (Å²) in [6.45, 7) is 0. The van der Waals surface area contributed by atoms with Crippen LogP contribution in [0.25, 0.3) is 11.6 Å². The second-order valence-electron chi connectivity index (χ2n) is 3.67. The Morgan fingerprint density at radius 3 is 2.29 bits per heavy atom. The first-order valence-corrected chi connectivity index (χ1v) is 5.33. The highest BCUT2D eigenvalue weighted by Crippen LogP contribution is 2.22. The van der Waals surface area contributed by atoms with E-state index in [1.807, 2.05) is 54.6 Å². The molecule has 0 aliphatic heterocycles. The molecule has 0 atom stereocenters. The summed E-state index contributed by atoms with van der Waals surface area (Å²) in [6.07, 6.45) is 1.84. The summed E-state index contributed by atoms with van der Waals surface area (Å²) in [4.78, 5) is 0. The van der Waals surface area contributed by atoms with Crippen molar-refractivity contribution in [3.05, 3.63) is 65.7 Å². The lowest BCUT2D eigenvalue weighted by atomic mass is 10.0. The van der Waals surface area contributed by atoms with Crippen molar-refractivity contribution in [1.29, 1.82) is 5.26 Å². The standard InChI is InChI=1S/C15H12N2/c16-11-13(10-12-6-2-1-3-7-12)14-8-4-5-9-15(14)17/h1-10H,17H2/b13-10+. The molecule has 0 fully saturated rings. The van der Waals surface area contributed by atoms with Gasteiger partial charge in [-0.3, -0.25) is 0 Å². The van der Waals surface area contributed by atoms with Crippen molar-refractivity contribution in [2.45, 2.75) is 0 Å². The average molecular weight is 220 g/mol. The van der Waals surface area contributed by atoms with Gasteiger partial charge in [0, 0.05) is 11.3 Å². The zero-order valence-electron chi connectivity index (χ0n) is 9.30. The molecule has 0 aromatic heterocycles. The van der Waals surface area contributed by atoms with Crippen molar-refractivity contribution in [1.82, 2.24) is 0 Å². The molecule has 2 aromatic carbocycles. The van der Waals surface area contributed by atoms with Gasteiger partial charge >= 0.3 is 0 Å². The molecule has 2 aromatic rings. The van der Waals surface area contributed by atoms with E-state index in [1.54, 1.807) is 6.07 Å². The average Bonchev–Trinajstić information content (AvgIpc) is 2.38. The van der Waals surface area contributed by atoms with E-state index < -0.39 is 0 Å². The molecular formula is C15H12N2. The Hall–Kier alpha value is -2.53. The second kappa shape index (κ2) is 5.00. The minimum Gasteiger partial charge on any atom is -0.398 e. The number of nitrogen functional groups attached to an aromatic ring is 1. The van der Waals surface area contributed by atoms with Crippen molar-refractivity contribution in [3.63, 3.8) is 0 Å². The summed E-state index contributed by atoms with van der Waals surface area (Å²) < 4.78 is 0. The van der Waals surface area contributed by atoms with Crippen LogP contribution in [0, 0.1) is 11.3 Å². The van der Waals surface area contributed by atoms with Crippen molar-refractivity contribution < 1.29 is 0 Å². The summed E-state index contributed by atoms with van der Waals surface area (Å²) in [5, 5.41) is 9.19. The van der Waals surface area contributed by atoms with Crippen molar-refractivity contribution in [3.8, 4) is 6.07 Å². The van der Waals surface area contributed by atoms with Crippen LogP contribution >= 0.6 is 0 Å². The van der Waals surface area contributed by atoms with Gasteiger partial charge < -0.3 is 5.73 Å². The molecule has 0 heterocycles. The van der Waals surface area contributed by atoms with E-state index in [-0.39, 0.29) is 0 Å². The normalized spacial score (nSPS) is 10.9. The number of anilines is 1. The van der Waals surface area contributed by atoms with Crippen LogP contribution < -0.4 is 5.73 Å². The minimum absolute atomic E-state index is 0.578.